The van der Waals surface area contributed by atoms with E-state index in [1.165, 1.54) is 17.2 Å². The van der Waals surface area contributed by atoms with Crippen molar-refractivity contribution in [2.75, 3.05) is 5.32 Å². The number of aromatic nitrogens is 1. The molecule has 0 aliphatic rings. The molecule has 4 heteroatoms. The minimum absolute atomic E-state index is 0.206. The summed E-state index contributed by atoms with van der Waals surface area (Å²) >= 11 is 1.64. The summed E-state index contributed by atoms with van der Waals surface area (Å²) in [6.07, 6.45) is 4.05. The Labute approximate surface area is 145 Å². The Morgan fingerprint density at radius 1 is 1.21 bits per heavy atom. The molecule has 0 fully saturated rings. The lowest BCUT2D eigenvalue weighted by Gasteiger charge is -2.11. The summed E-state index contributed by atoms with van der Waals surface area (Å²) in [7, 11) is 0. The fraction of sp³-hybridized carbons (Fsp3) is 0.100. The van der Waals surface area contributed by atoms with E-state index in [2.05, 4.69) is 42.0 Å². The fourth-order valence-corrected chi connectivity index (χ4v) is 3.21. The monoisotopic (exact) mass is 334 g/mol. The van der Waals surface area contributed by atoms with Crippen LogP contribution in [0, 0.1) is 0 Å². The first-order chi connectivity index (χ1) is 11.7. The van der Waals surface area contributed by atoms with Crippen LogP contribution in [-0.4, -0.2) is 10.9 Å². The van der Waals surface area contributed by atoms with Gasteiger partial charge in [-0.25, -0.2) is 4.98 Å². The molecule has 0 unspecified atom stereocenters. The molecule has 1 aromatic heterocycles. The first-order valence-electron chi connectivity index (χ1n) is 7.78. The zero-order valence-corrected chi connectivity index (χ0v) is 14.3. The second kappa shape index (κ2) is 7.23. The number of rotatable bonds is 5. The summed E-state index contributed by atoms with van der Waals surface area (Å²) in [6, 6.07) is 14.4. The van der Waals surface area contributed by atoms with E-state index >= 15 is 0 Å². The number of hydrogen-bond acceptors (Lipinski definition) is 3. The van der Waals surface area contributed by atoms with Crippen molar-refractivity contribution in [3.8, 4) is 21.7 Å². The second-order valence-electron chi connectivity index (χ2n) is 5.33. The third-order valence-corrected chi connectivity index (χ3v) is 4.64. The molecule has 0 aliphatic heterocycles. The number of amides is 1. The van der Waals surface area contributed by atoms with Gasteiger partial charge in [-0.05, 0) is 47.4 Å². The first kappa shape index (κ1) is 16.1. The largest absolute Gasteiger partial charge is 0.323 e. The molecule has 0 aliphatic carbocycles. The van der Waals surface area contributed by atoms with Crippen LogP contribution >= 0.6 is 11.3 Å². The Morgan fingerprint density at radius 3 is 2.58 bits per heavy atom. The van der Waals surface area contributed by atoms with Crippen LogP contribution in [0.2, 0.25) is 0 Å². The molecule has 3 rings (SSSR count). The molecule has 2 aromatic carbocycles. The number of nitrogens with zero attached hydrogens (tertiary/aromatic N) is 1. The molecule has 0 atom stereocenters. The maximum atomic E-state index is 11.4. The van der Waals surface area contributed by atoms with E-state index < -0.39 is 0 Å². The average molecular weight is 334 g/mol. The zero-order valence-electron chi connectivity index (χ0n) is 13.5. The van der Waals surface area contributed by atoms with Crippen molar-refractivity contribution in [2.24, 2.45) is 0 Å². The third kappa shape index (κ3) is 3.44. The molecule has 3 aromatic rings. The van der Waals surface area contributed by atoms with Gasteiger partial charge in [0.05, 0.1) is 0 Å². The van der Waals surface area contributed by atoms with Gasteiger partial charge in [0.2, 0.25) is 5.91 Å². The highest BCUT2D eigenvalue weighted by molar-refractivity contribution is 7.13. The van der Waals surface area contributed by atoms with Crippen LogP contribution in [0.15, 0.2) is 66.7 Å². The highest BCUT2D eigenvalue weighted by Crippen LogP contribution is 2.31. The number of carbonyl (C=O) groups excluding carboxylic acids is 1. The number of thiazole rings is 1. The van der Waals surface area contributed by atoms with Crippen LogP contribution < -0.4 is 5.32 Å². The second-order valence-corrected chi connectivity index (χ2v) is 6.23. The molecule has 0 saturated heterocycles. The van der Waals surface area contributed by atoms with Gasteiger partial charge in [-0.1, -0.05) is 37.8 Å². The van der Waals surface area contributed by atoms with Crippen LogP contribution in [0.1, 0.15) is 12.5 Å². The molecule has 1 N–H and O–H groups in total. The number of benzene rings is 2. The zero-order chi connectivity index (χ0) is 16.9. The van der Waals surface area contributed by atoms with Gasteiger partial charge in [-0.3, -0.25) is 4.79 Å². The first-order valence-corrected chi connectivity index (χ1v) is 8.66. The van der Waals surface area contributed by atoms with E-state index in [0.717, 1.165) is 28.2 Å². The van der Waals surface area contributed by atoms with Gasteiger partial charge < -0.3 is 5.32 Å². The molecule has 0 saturated carbocycles. The smallest absolute Gasteiger partial charge is 0.247 e. The van der Waals surface area contributed by atoms with E-state index in [4.69, 9.17) is 0 Å². The average Bonchev–Trinajstić information content (AvgIpc) is 3.16. The number of aryl methyl sites for hydroxylation is 1. The van der Waals surface area contributed by atoms with E-state index in [-0.39, 0.29) is 5.91 Å². The van der Waals surface area contributed by atoms with Gasteiger partial charge in [-0.15, -0.1) is 11.3 Å². The lowest BCUT2D eigenvalue weighted by atomic mass is 9.96. The minimum atomic E-state index is -0.206. The van der Waals surface area contributed by atoms with E-state index in [0.29, 0.717) is 0 Å². The quantitative estimate of drug-likeness (QED) is 0.655. The predicted octanol–water partition coefficient (Wildman–Crippen LogP) is 5.16. The van der Waals surface area contributed by atoms with Gasteiger partial charge in [0.1, 0.15) is 5.01 Å². The molecule has 0 spiro atoms. The Morgan fingerprint density at radius 2 is 1.96 bits per heavy atom. The Balaban J connectivity index is 1.96. The summed E-state index contributed by atoms with van der Waals surface area (Å²) in [5.41, 5.74) is 5.51. The van der Waals surface area contributed by atoms with Crippen molar-refractivity contribution in [3.05, 3.63) is 72.3 Å². The Hall–Kier alpha value is -2.72. The predicted molar refractivity (Wildman–Crippen MR) is 101 cm³/mol. The summed E-state index contributed by atoms with van der Waals surface area (Å²) in [5.74, 6) is -0.206. The van der Waals surface area contributed by atoms with Gasteiger partial charge in [-0.2, -0.15) is 0 Å². The molecule has 1 amide bonds. The van der Waals surface area contributed by atoms with Crippen LogP contribution in [0.5, 0.6) is 0 Å². The molecule has 0 radical (unpaired) electrons. The van der Waals surface area contributed by atoms with Gasteiger partial charge in [0, 0.05) is 22.8 Å². The van der Waals surface area contributed by atoms with Crippen molar-refractivity contribution in [1.29, 1.82) is 0 Å². The lowest BCUT2D eigenvalue weighted by molar-refractivity contribution is -0.111. The van der Waals surface area contributed by atoms with Crippen molar-refractivity contribution < 1.29 is 4.79 Å². The van der Waals surface area contributed by atoms with Gasteiger partial charge >= 0.3 is 0 Å². The van der Waals surface area contributed by atoms with E-state index in [1.54, 1.807) is 11.3 Å². The number of nitrogens with one attached hydrogen (secondary N) is 1. The summed E-state index contributed by atoms with van der Waals surface area (Å²) in [4.78, 5) is 15.8. The molecular weight excluding hydrogens is 316 g/mol. The van der Waals surface area contributed by atoms with Crippen LogP contribution in [-0.2, 0) is 11.2 Å². The normalized spacial score (nSPS) is 10.4. The van der Waals surface area contributed by atoms with Crippen LogP contribution in [0.4, 0.5) is 5.69 Å². The lowest BCUT2D eigenvalue weighted by Crippen LogP contribution is -2.06. The van der Waals surface area contributed by atoms with Gasteiger partial charge in [0.15, 0.2) is 0 Å². The van der Waals surface area contributed by atoms with E-state index in [9.17, 15) is 4.79 Å². The van der Waals surface area contributed by atoms with E-state index in [1.807, 2.05) is 35.8 Å². The van der Waals surface area contributed by atoms with Crippen molar-refractivity contribution in [3.63, 3.8) is 0 Å². The standard InChI is InChI=1S/C20H18N2OS/c1-3-14-5-6-16(20-21-11-12-24-20)13-18(14)15-7-9-17(10-8-15)22-19(23)4-2/h4-13H,2-3H2,1H3,(H,22,23). The van der Waals surface area contributed by atoms with Crippen molar-refractivity contribution in [1.82, 2.24) is 4.98 Å². The highest BCUT2D eigenvalue weighted by atomic mass is 32.1. The summed E-state index contributed by atoms with van der Waals surface area (Å²) < 4.78 is 0. The molecular formula is C20H18N2OS. The van der Waals surface area contributed by atoms with Crippen molar-refractivity contribution in [2.45, 2.75) is 13.3 Å². The maximum absolute atomic E-state index is 11.4. The molecule has 3 nitrogen and oxygen atoms in total. The summed E-state index contributed by atoms with van der Waals surface area (Å²) in [6.45, 7) is 5.62. The van der Waals surface area contributed by atoms with Crippen molar-refractivity contribution >= 4 is 22.9 Å². The topological polar surface area (TPSA) is 42.0 Å². The fourth-order valence-electron chi connectivity index (χ4n) is 2.58. The van der Waals surface area contributed by atoms with Crippen LogP contribution in [0.3, 0.4) is 0 Å². The highest BCUT2D eigenvalue weighted by Gasteiger charge is 2.08. The SMILES string of the molecule is C=CC(=O)Nc1ccc(-c2cc(-c3nccs3)ccc2CC)cc1. The molecule has 0 bridgehead atoms. The number of hydrogen-bond donors (Lipinski definition) is 1. The Bertz CT molecular complexity index is 852. The van der Waals surface area contributed by atoms with Crippen LogP contribution in [0.25, 0.3) is 21.7 Å². The molecule has 1 heterocycles. The maximum Gasteiger partial charge on any atom is 0.247 e. The number of anilines is 1. The minimum Gasteiger partial charge on any atom is -0.323 e. The molecule has 24 heavy (non-hydrogen) atoms. The molecule has 120 valence electrons. The summed E-state index contributed by atoms with van der Waals surface area (Å²) in [5, 5.41) is 5.78. The van der Waals surface area contributed by atoms with Gasteiger partial charge in [0.25, 0.3) is 0 Å². The Kier molecular flexibility index (Phi) is 4.87. The number of carbonyl (C=O) groups is 1. The third-order valence-electron chi connectivity index (χ3n) is 3.82.